The van der Waals surface area contributed by atoms with Gasteiger partial charge in [-0.05, 0) is 6.42 Å². The van der Waals surface area contributed by atoms with Crippen LogP contribution in [0.3, 0.4) is 0 Å². The van der Waals surface area contributed by atoms with Gasteiger partial charge >= 0.3 is 0 Å². The molecule has 1 aromatic carbocycles. The van der Waals surface area contributed by atoms with Crippen molar-refractivity contribution in [1.82, 2.24) is 0 Å². The third kappa shape index (κ3) is 3.82. The van der Waals surface area contributed by atoms with E-state index in [9.17, 15) is 5.11 Å². The molecule has 1 heterocycles. The van der Waals surface area contributed by atoms with E-state index < -0.39 is 0 Å². The fourth-order valence-electron chi connectivity index (χ4n) is 2.89. The van der Waals surface area contributed by atoms with Crippen molar-refractivity contribution in [3.63, 3.8) is 0 Å². The summed E-state index contributed by atoms with van der Waals surface area (Å²) in [4.78, 5) is 1.61. The molecule has 0 amide bonds. The minimum absolute atomic E-state index is 0.365. The highest BCUT2D eigenvalue weighted by atomic mass is 16.3. The van der Waals surface area contributed by atoms with Gasteiger partial charge in [0.1, 0.15) is 6.54 Å². The lowest BCUT2D eigenvalue weighted by Gasteiger charge is -2.36. The summed E-state index contributed by atoms with van der Waals surface area (Å²) >= 11 is 0. The molecule has 0 aliphatic carbocycles. The van der Waals surface area contributed by atoms with Crippen molar-refractivity contribution in [3.05, 3.63) is 35.9 Å². The van der Waals surface area contributed by atoms with E-state index in [1.54, 1.807) is 4.90 Å². The van der Waals surface area contributed by atoms with Gasteiger partial charge in [-0.1, -0.05) is 50.1 Å². The Bertz CT molecular complexity index is 341. The lowest BCUT2D eigenvalue weighted by Crippen LogP contribution is -3.12. The van der Waals surface area contributed by atoms with Crippen LogP contribution in [0.2, 0.25) is 0 Å². The Kier molecular flexibility index (Phi) is 4.79. The standard InChI is InChI=1S/C16H25NO/c1-2-3-9-16(18)10-12-17(13-11-16)14-15-7-5-4-6-8-15/h4-8,18H,2-3,9-14H2,1H3/p+1. The van der Waals surface area contributed by atoms with Crippen molar-refractivity contribution in [2.75, 3.05) is 13.1 Å². The summed E-state index contributed by atoms with van der Waals surface area (Å²) < 4.78 is 0. The molecule has 0 atom stereocenters. The van der Waals surface area contributed by atoms with Crippen LogP contribution in [0.1, 0.15) is 44.6 Å². The summed E-state index contributed by atoms with van der Waals surface area (Å²) in [6.45, 7) is 5.51. The Hall–Kier alpha value is -0.860. The van der Waals surface area contributed by atoms with E-state index in [0.717, 1.165) is 45.3 Å². The fourth-order valence-corrected chi connectivity index (χ4v) is 2.89. The number of quaternary nitrogens is 1. The first kappa shape index (κ1) is 13.6. The molecule has 0 unspecified atom stereocenters. The van der Waals surface area contributed by atoms with Crippen LogP contribution < -0.4 is 4.90 Å². The molecule has 1 saturated heterocycles. The molecule has 2 N–H and O–H groups in total. The van der Waals surface area contributed by atoms with Gasteiger partial charge in [0.25, 0.3) is 0 Å². The Morgan fingerprint density at radius 1 is 1.17 bits per heavy atom. The maximum Gasteiger partial charge on any atom is 0.103 e. The number of likely N-dealkylation sites (tertiary alicyclic amines) is 1. The van der Waals surface area contributed by atoms with Crippen molar-refractivity contribution < 1.29 is 10.0 Å². The zero-order valence-electron chi connectivity index (χ0n) is 11.5. The first-order valence-electron chi connectivity index (χ1n) is 7.32. The van der Waals surface area contributed by atoms with E-state index in [2.05, 4.69) is 37.3 Å². The Labute approximate surface area is 111 Å². The van der Waals surface area contributed by atoms with E-state index in [0.29, 0.717) is 0 Å². The van der Waals surface area contributed by atoms with Crippen LogP contribution in [0, 0.1) is 0 Å². The molecule has 0 radical (unpaired) electrons. The smallest absolute Gasteiger partial charge is 0.103 e. The van der Waals surface area contributed by atoms with E-state index in [1.165, 1.54) is 12.0 Å². The molecule has 18 heavy (non-hydrogen) atoms. The molecule has 0 spiro atoms. The van der Waals surface area contributed by atoms with Crippen molar-refractivity contribution in [3.8, 4) is 0 Å². The SMILES string of the molecule is CCCCC1(O)CC[NH+](Cc2ccccc2)CC1. The zero-order chi connectivity index (χ0) is 12.8. The predicted molar refractivity (Wildman–Crippen MR) is 74.6 cm³/mol. The summed E-state index contributed by atoms with van der Waals surface area (Å²) in [5, 5.41) is 10.5. The van der Waals surface area contributed by atoms with Crippen LogP contribution in [0.25, 0.3) is 0 Å². The maximum atomic E-state index is 10.5. The molecule has 0 aromatic heterocycles. The van der Waals surface area contributed by atoms with Crippen LogP contribution in [-0.4, -0.2) is 23.8 Å². The van der Waals surface area contributed by atoms with Crippen LogP contribution >= 0.6 is 0 Å². The largest absolute Gasteiger partial charge is 0.389 e. The minimum Gasteiger partial charge on any atom is -0.389 e. The molecule has 1 aliphatic heterocycles. The van der Waals surface area contributed by atoms with E-state index >= 15 is 0 Å². The molecular formula is C16H26NO+. The predicted octanol–water partition coefficient (Wildman–Crippen LogP) is 1.79. The van der Waals surface area contributed by atoms with Gasteiger partial charge in [-0.15, -0.1) is 0 Å². The molecule has 2 heteroatoms. The number of aliphatic hydroxyl groups is 1. The molecule has 2 rings (SSSR count). The number of hydrogen-bond donors (Lipinski definition) is 2. The molecule has 1 aromatic rings. The normalized spacial score (nSPS) is 28.2. The summed E-state index contributed by atoms with van der Waals surface area (Å²) in [6.07, 6.45) is 5.26. The lowest BCUT2D eigenvalue weighted by molar-refractivity contribution is -0.921. The summed E-state index contributed by atoms with van der Waals surface area (Å²) in [5.41, 5.74) is 1.04. The topological polar surface area (TPSA) is 24.7 Å². The Balaban J connectivity index is 1.80. The number of benzene rings is 1. The molecule has 1 fully saturated rings. The second kappa shape index (κ2) is 6.35. The van der Waals surface area contributed by atoms with Gasteiger partial charge < -0.3 is 10.0 Å². The fraction of sp³-hybridized carbons (Fsp3) is 0.625. The Morgan fingerprint density at radius 3 is 2.44 bits per heavy atom. The van der Waals surface area contributed by atoms with Gasteiger partial charge in [-0.3, -0.25) is 0 Å². The number of nitrogens with one attached hydrogen (secondary N) is 1. The third-order valence-electron chi connectivity index (χ3n) is 4.18. The van der Waals surface area contributed by atoms with Gasteiger partial charge in [-0.25, -0.2) is 0 Å². The summed E-state index contributed by atoms with van der Waals surface area (Å²) in [6, 6.07) is 10.7. The maximum absolute atomic E-state index is 10.5. The van der Waals surface area contributed by atoms with Crippen molar-refractivity contribution >= 4 is 0 Å². The van der Waals surface area contributed by atoms with Crippen LogP contribution in [0.15, 0.2) is 30.3 Å². The first-order chi connectivity index (χ1) is 8.72. The first-order valence-corrected chi connectivity index (χ1v) is 7.32. The van der Waals surface area contributed by atoms with Crippen LogP contribution in [-0.2, 0) is 6.54 Å². The summed E-state index contributed by atoms with van der Waals surface area (Å²) in [7, 11) is 0. The van der Waals surface area contributed by atoms with Gasteiger partial charge in [0.05, 0.1) is 18.7 Å². The summed E-state index contributed by atoms with van der Waals surface area (Å²) in [5.74, 6) is 0. The van der Waals surface area contributed by atoms with Gasteiger partial charge in [0, 0.05) is 18.4 Å². The second-order valence-electron chi connectivity index (χ2n) is 5.74. The lowest BCUT2D eigenvalue weighted by atomic mass is 9.86. The molecule has 100 valence electrons. The number of piperidine rings is 1. The van der Waals surface area contributed by atoms with Crippen molar-refractivity contribution in [2.45, 2.75) is 51.2 Å². The highest BCUT2D eigenvalue weighted by Crippen LogP contribution is 2.23. The van der Waals surface area contributed by atoms with E-state index in [4.69, 9.17) is 0 Å². The molecule has 2 nitrogen and oxygen atoms in total. The highest BCUT2D eigenvalue weighted by molar-refractivity contribution is 5.13. The van der Waals surface area contributed by atoms with E-state index in [-0.39, 0.29) is 5.60 Å². The van der Waals surface area contributed by atoms with Gasteiger partial charge in [-0.2, -0.15) is 0 Å². The number of unbranched alkanes of at least 4 members (excludes halogenated alkanes) is 1. The monoisotopic (exact) mass is 248 g/mol. The quantitative estimate of drug-likeness (QED) is 0.816. The second-order valence-corrected chi connectivity index (χ2v) is 5.74. The highest BCUT2D eigenvalue weighted by Gasteiger charge is 2.33. The third-order valence-corrected chi connectivity index (χ3v) is 4.18. The van der Waals surface area contributed by atoms with Gasteiger partial charge in [0.15, 0.2) is 0 Å². The minimum atomic E-state index is -0.365. The Morgan fingerprint density at radius 2 is 1.83 bits per heavy atom. The number of hydrogen-bond acceptors (Lipinski definition) is 1. The molecular weight excluding hydrogens is 222 g/mol. The van der Waals surface area contributed by atoms with Crippen molar-refractivity contribution in [1.29, 1.82) is 0 Å². The molecule has 1 aliphatic rings. The van der Waals surface area contributed by atoms with Crippen LogP contribution in [0.5, 0.6) is 0 Å². The van der Waals surface area contributed by atoms with E-state index in [1.807, 2.05) is 0 Å². The molecule has 0 bridgehead atoms. The molecule has 0 saturated carbocycles. The zero-order valence-corrected chi connectivity index (χ0v) is 11.5. The van der Waals surface area contributed by atoms with Crippen LogP contribution in [0.4, 0.5) is 0 Å². The average molecular weight is 248 g/mol. The van der Waals surface area contributed by atoms with Crippen molar-refractivity contribution in [2.24, 2.45) is 0 Å². The van der Waals surface area contributed by atoms with Gasteiger partial charge in [0.2, 0.25) is 0 Å². The average Bonchev–Trinajstić information content (AvgIpc) is 2.41. The number of rotatable bonds is 5.